The summed E-state index contributed by atoms with van der Waals surface area (Å²) in [6.07, 6.45) is 1.72. The number of hydrogen-bond acceptors (Lipinski definition) is 6. The maximum Gasteiger partial charge on any atom is 0.147 e. The number of hydrogen-bond donors (Lipinski definition) is 1. The van der Waals surface area contributed by atoms with Crippen molar-refractivity contribution in [3.63, 3.8) is 0 Å². The van der Waals surface area contributed by atoms with Crippen LogP contribution in [-0.2, 0) is 6.54 Å². The first-order valence-corrected chi connectivity index (χ1v) is 11.3. The van der Waals surface area contributed by atoms with Crippen molar-refractivity contribution in [2.75, 3.05) is 42.5 Å². The lowest BCUT2D eigenvalue weighted by molar-refractivity contribution is 0.430. The molecule has 2 aromatic carbocycles. The fourth-order valence-electron chi connectivity index (χ4n) is 5.18. The molecule has 2 aromatic heterocycles. The quantitative estimate of drug-likeness (QED) is 0.513. The molecule has 166 valence electrons. The average Bonchev–Trinajstić information content (AvgIpc) is 3.21. The van der Waals surface area contributed by atoms with Gasteiger partial charge in [0.05, 0.1) is 40.6 Å². The van der Waals surface area contributed by atoms with Crippen molar-refractivity contribution in [1.82, 2.24) is 20.1 Å². The fourth-order valence-corrected chi connectivity index (χ4v) is 5.18. The number of nitrogens with one attached hydrogen (secondary N) is 1. The first-order valence-electron chi connectivity index (χ1n) is 11.3. The highest BCUT2D eigenvalue weighted by molar-refractivity contribution is 5.95. The summed E-state index contributed by atoms with van der Waals surface area (Å²) < 4.78 is 17.3. The molecule has 1 atom stereocenters. The molecule has 33 heavy (non-hydrogen) atoms. The highest BCUT2D eigenvalue weighted by Crippen LogP contribution is 2.36. The molecule has 1 saturated heterocycles. The van der Waals surface area contributed by atoms with Crippen LogP contribution in [0.1, 0.15) is 24.2 Å². The van der Waals surface area contributed by atoms with Crippen molar-refractivity contribution in [1.29, 1.82) is 5.26 Å². The van der Waals surface area contributed by atoms with Crippen LogP contribution >= 0.6 is 0 Å². The summed E-state index contributed by atoms with van der Waals surface area (Å²) >= 11 is 0. The van der Waals surface area contributed by atoms with Crippen LogP contribution in [0.4, 0.5) is 15.8 Å². The van der Waals surface area contributed by atoms with Gasteiger partial charge < -0.3 is 15.1 Å². The van der Waals surface area contributed by atoms with E-state index in [-0.39, 0.29) is 11.9 Å². The highest BCUT2D eigenvalue weighted by atomic mass is 19.1. The van der Waals surface area contributed by atoms with Gasteiger partial charge in [-0.15, -0.1) is 0 Å². The zero-order chi connectivity index (χ0) is 22.5. The maximum absolute atomic E-state index is 15.2. The Morgan fingerprint density at radius 1 is 1.09 bits per heavy atom. The predicted octanol–water partition coefficient (Wildman–Crippen LogP) is 3.59. The number of pyridine rings is 1. The molecule has 2 aliphatic rings. The number of nitrogens with zero attached hydrogens (tertiary/aromatic N) is 6. The molecule has 0 radical (unpaired) electrons. The normalized spacial score (nSPS) is 18.5. The van der Waals surface area contributed by atoms with E-state index in [0.717, 1.165) is 60.4 Å². The molecule has 1 N–H and O–H groups in total. The third-order valence-corrected chi connectivity index (χ3v) is 6.78. The molecule has 0 aliphatic carbocycles. The maximum atomic E-state index is 15.2. The first-order chi connectivity index (χ1) is 16.1. The lowest BCUT2D eigenvalue weighted by Gasteiger charge is -2.34. The predicted molar refractivity (Wildman–Crippen MR) is 127 cm³/mol. The minimum atomic E-state index is -0.196. The van der Waals surface area contributed by atoms with Crippen molar-refractivity contribution in [3.8, 4) is 6.07 Å². The number of aromatic nitrogens is 3. The molecule has 7 nitrogen and oxygen atoms in total. The van der Waals surface area contributed by atoms with E-state index in [1.165, 1.54) is 0 Å². The van der Waals surface area contributed by atoms with Crippen LogP contribution in [0.3, 0.4) is 0 Å². The van der Waals surface area contributed by atoms with E-state index in [9.17, 15) is 5.26 Å². The van der Waals surface area contributed by atoms with Gasteiger partial charge in [0.2, 0.25) is 0 Å². The second-order valence-corrected chi connectivity index (χ2v) is 8.82. The molecule has 8 heteroatoms. The molecule has 4 heterocycles. The smallest absolute Gasteiger partial charge is 0.147 e. The molecule has 4 aromatic rings. The highest BCUT2D eigenvalue weighted by Gasteiger charge is 2.28. The summed E-state index contributed by atoms with van der Waals surface area (Å²) in [5, 5.41) is 19.5. The van der Waals surface area contributed by atoms with Gasteiger partial charge in [-0.05, 0) is 43.3 Å². The summed E-state index contributed by atoms with van der Waals surface area (Å²) in [6.45, 7) is 6.82. The van der Waals surface area contributed by atoms with Gasteiger partial charge in [-0.1, -0.05) is 0 Å². The van der Waals surface area contributed by atoms with E-state index in [4.69, 9.17) is 5.10 Å². The van der Waals surface area contributed by atoms with Crippen LogP contribution in [0.2, 0.25) is 0 Å². The summed E-state index contributed by atoms with van der Waals surface area (Å²) in [5.41, 5.74) is 4.78. The third-order valence-electron chi connectivity index (χ3n) is 6.78. The van der Waals surface area contributed by atoms with E-state index in [2.05, 4.69) is 33.1 Å². The molecule has 2 aliphatic heterocycles. The van der Waals surface area contributed by atoms with Crippen LogP contribution in [-0.4, -0.2) is 47.5 Å². The molecular formula is C25H24FN7. The van der Waals surface area contributed by atoms with E-state index < -0.39 is 0 Å². The molecule has 6 rings (SSSR count). The topological polar surface area (TPSA) is 73.0 Å². The zero-order valence-corrected chi connectivity index (χ0v) is 18.4. The lowest BCUT2D eigenvalue weighted by atomic mass is 10.0. The zero-order valence-electron chi connectivity index (χ0n) is 18.4. The Morgan fingerprint density at radius 3 is 2.76 bits per heavy atom. The Hall–Kier alpha value is -3.70. The van der Waals surface area contributed by atoms with Gasteiger partial charge in [-0.3, -0.25) is 9.67 Å². The summed E-state index contributed by atoms with van der Waals surface area (Å²) in [5.74, 6) is -0.196. The van der Waals surface area contributed by atoms with E-state index in [1.807, 2.05) is 35.0 Å². The van der Waals surface area contributed by atoms with Crippen molar-refractivity contribution in [3.05, 3.63) is 59.7 Å². The van der Waals surface area contributed by atoms with Crippen molar-refractivity contribution >= 4 is 33.2 Å². The first kappa shape index (κ1) is 19.9. The minimum absolute atomic E-state index is 0.120. The minimum Gasteiger partial charge on any atom is -0.367 e. The largest absolute Gasteiger partial charge is 0.367 e. The van der Waals surface area contributed by atoms with Gasteiger partial charge in [-0.25, -0.2) is 4.39 Å². The molecule has 0 unspecified atom stereocenters. The Kier molecular flexibility index (Phi) is 4.66. The number of benzene rings is 2. The van der Waals surface area contributed by atoms with Crippen molar-refractivity contribution in [2.24, 2.45) is 0 Å². The van der Waals surface area contributed by atoms with Gasteiger partial charge in [0.15, 0.2) is 0 Å². The van der Waals surface area contributed by atoms with Crippen LogP contribution in [0.15, 0.2) is 42.6 Å². The van der Waals surface area contributed by atoms with E-state index in [1.54, 1.807) is 12.3 Å². The SMILES string of the molecule is C[C@@H]1CN(c2ccc(C#N)c3ncccc23)Cc2c3cc(F)c(N4CCNCC4)cc3nn21. The molecule has 0 amide bonds. The average molecular weight is 442 g/mol. The van der Waals surface area contributed by atoms with Gasteiger partial charge in [0.1, 0.15) is 11.9 Å². The number of anilines is 2. The van der Waals surface area contributed by atoms with E-state index >= 15 is 4.39 Å². The summed E-state index contributed by atoms with van der Waals surface area (Å²) in [7, 11) is 0. The van der Waals surface area contributed by atoms with Crippen molar-refractivity contribution < 1.29 is 4.39 Å². The van der Waals surface area contributed by atoms with Crippen LogP contribution in [0, 0.1) is 17.1 Å². The summed E-state index contributed by atoms with van der Waals surface area (Å²) in [6, 6.07) is 13.6. The molecule has 0 spiro atoms. The number of rotatable bonds is 2. The van der Waals surface area contributed by atoms with E-state index in [0.29, 0.717) is 23.3 Å². The Labute approximate surface area is 191 Å². The number of halogens is 1. The monoisotopic (exact) mass is 441 g/mol. The lowest BCUT2D eigenvalue weighted by Crippen LogP contribution is -2.43. The number of fused-ring (bicyclic) bond motifs is 4. The summed E-state index contributed by atoms with van der Waals surface area (Å²) in [4.78, 5) is 8.83. The Morgan fingerprint density at radius 2 is 1.94 bits per heavy atom. The Balaban J connectivity index is 1.43. The number of nitriles is 1. The van der Waals surface area contributed by atoms with Gasteiger partial charge in [-0.2, -0.15) is 10.4 Å². The van der Waals surface area contributed by atoms with Crippen LogP contribution in [0.5, 0.6) is 0 Å². The van der Waals surface area contributed by atoms with Gasteiger partial charge >= 0.3 is 0 Å². The second kappa shape index (κ2) is 7.71. The second-order valence-electron chi connectivity index (χ2n) is 8.82. The molecule has 0 bridgehead atoms. The third kappa shape index (κ3) is 3.19. The van der Waals surface area contributed by atoms with Crippen LogP contribution in [0.25, 0.3) is 21.8 Å². The van der Waals surface area contributed by atoms with Gasteiger partial charge in [0.25, 0.3) is 0 Å². The van der Waals surface area contributed by atoms with Crippen LogP contribution < -0.4 is 15.1 Å². The molecular weight excluding hydrogens is 417 g/mol. The van der Waals surface area contributed by atoms with Crippen molar-refractivity contribution in [2.45, 2.75) is 19.5 Å². The van der Waals surface area contributed by atoms with Gasteiger partial charge in [0, 0.05) is 55.4 Å². The number of piperazine rings is 1. The molecule has 0 saturated carbocycles. The Bertz CT molecular complexity index is 1410. The fraction of sp³-hybridized carbons (Fsp3) is 0.320. The molecule has 1 fully saturated rings. The standard InChI is InChI=1S/C25H24FN7/c1-16-14-32(22-5-4-17(13-27)25-18(22)3-2-6-29-25)15-24-19-11-20(26)23(12-21(19)30-33(16)24)31-9-7-28-8-10-31/h2-6,11-12,16,28H,7-10,14-15H2,1H3/t16-/m1/s1.